The lowest BCUT2D eigenvalue weighted by Crippen LogP contribution is -2.39. The van der Waals surface area contributed by atoms with Crippen molar-refractivity contribution in [3.8, 4) is 11.1 Å². The summed E-state index contributed by atoms with van der Waals surface area (Å²) in [6.07, 6.45) is 6.24. The van der Waals surface area contributed by atoms with Crippen molar-refractivity contribution < 1.29 is 13.2 Å². The minimum Gasteiger partial charge on any atom is -0.383 e. The molecule has 1 aliphatic rings. The lowest BCUT2D eigenvalue weighted by Gasteiger charge is -2.24. The lowest BCUT2D eigenvalue weighted by molar-refractivity contribution is -0.112. The third-order valence-corrected chi connectivity index (χ3v) is 6.57. The summed E-state index contributed by atoms with van der Waals surface area (Å²) in [5, 5.41) is 5.30. The van der Waals surface area contributed by atoms with Crippen LogP contribution in [0.15, 0.2) is 53.8 Å². The van der Waals surface area contributed by atoms with Crippen molar-refractivity contribution in [2.75, 3.05) is 24.6 Å². The van der Waals surface area contributed by atoms with Crippen LogP contribution in [0.4, 0.5) is 5.82 Å². The molecule has 0 aliphatic carbocycles. The zero-order valence-corrected chi connectivity index (χ0v) is 17.8. The van der Waals surface area contributed by atoms with Gasteiger partial charge in [0, 0.05) is 41.9 Å². The first-order valence-electron chi connectivity index (χ1n) is 9.72. The van der Waals surface area contributed by atoms with Crippen molar-refractivity contribution in [1.29, 1.82) is 0 Å². The van der Waals surface area contributed by atoms with Gasteiger partial charge in [-0.05, 0) is 19.1 Å². The van der Waals surface area contributed by atoms with E-state index in [-0.39, 0.29) is 23.1 Å². The van der Waals surface area contributed by atoms with Gasteiger partial charge in [0.25, 0.3) is 0 Å². The Morgan fingerprint density at radius 2 is 1.94 bits per heavy atom. The molecule has 31 heavy (non-hydrogen) atoms. The molecule has 9 nitrogen and oxygen atoms in total. The summed E-state index contributed by atoms with van der Waals surface area (Å²) in [5.41, 5.74) is 8.44. The second-order valence-electron chi connectivity index (χ2n) is 7.32. The minimum absolute atomic E-state index is 0.0894. The van der Waals surface area contributed by atoms with Crippen molar-refractivity contribution in [3.05, 3.63) is 48.8 Å². The summed E-state index contributed by atoms with van der Waals surface area (Å²) in [6, 6.07) is 9.75. The Hall–Kier alpha value is -3.53. The number of para-hydroxylation sites is 1. The molecule has 160 valence electrons. The fraction of sp³-hybridized carbons (Fsp3) is 0.238. The highest BCUT2D eigenvalue weighted by Gasteiger charge is 2.20. The molecule has 0 unspecified atom stereocenters. The normalized spacial score (nSPS) is 16.8. The molecule has 0 radical (unpaired) electrons. The van der Waals surface area contributed by atoms with Crippen molar-refractivity contribution in [3.63, 3.8) is 0 Å². The molecule has 0 atom stereocenters. The number of rotatable bonds is 5. The fourth-order valence-corrected chi connectivity index (χ4v) is 4.55. The van der Waals surface area contributed by atoms with Crippen LogP contribution in [0.5, 0.6) is 0 Å². The summed E-state index contributed by atoms with van der Waals surface area (Å²) in [4.78, 5) is 22.4. The standard InChI is InChI=1S/C21H22N6O3S/c1-15(28)10-20(22)27-21(24-14-26-6-8-31(29,30)9-7-26)18(13-25-27)17-11-16-4-2-3-5-19(16)23-12-17/h2-5,10-14H,6-9,22H2,1H3/b20-10+,24-14+. The molecule has 4 rings (SSSR count). The first-order valence-corrected chi connectivity index (χ1v) is 11.5. The van der Waals surface area contributed by atoms with E-state index in [1.165, 1.54) is 17.7 Å². The molecule has 3 heterocycles. The molecular formula is C21H22N6O3S. The zero-order chi connectivity index (χ0) is 22.0. The first kappa shape index (κ1) is 20.7. The average Bonchev–Trinajstić information content (AvgIpc) is 3.16. The van der Waals surface area contributed by atoms with Gasteiger partial charge in [0.2, 0.25) is 0 Å². The number of nitrogens with two attached hydrogens (primary N) is 1. The highest BCUT2D eigenvalue weighted by Crippen LogP contribution is 2.32. The number of nitrogens with zero attached hydrogens (tertiary/aromatic N) is 5. The van der Waals surface area contributed by atoms with Gasteiger partial charge in [-0.1, -0.05) is 18.2 Å². The van der Waals surface area contributed by atoms with Crippen LogP contribution in [-0.4, -0.2) is 64.8 Å². The number of hydrogen-bond donors (Lipinski definition) is 1. The predicted molar refractivity (Wildman–Crippen MR) is 120 cm³/mol. The van der Waals surface area contributed by atoms with Gasteiger partial charge in [-0.2, -0.15) is 9.78 Å². The van der Waals surface area contributed by atoms with Crippen LogP contribution in [0.25, 0.3) is 27.9 Å². The van der Waals surface area contributed by atoms with Crippen LogP contribution in [0.1, 0.15) is 6.92 Å². The monoisotopic (exact) mass is 438 g/mol. The molecule has 3 aromatic rings. The number of carbonyl (C=O) groups excluding carboxylic acids is 1. The number of ketones is 1. The number of carbonyl (C=O) groups is 1. The van der Waals surface area contributed by atoms with E-state index in [9.17, 15) is 13.2 Å². The van der Waals surface area contributed by atoms with Gasteiger partial charge in [-0.15, -0.1) is 0 Å². The summed E-state index contributed by atoms with van der Waals surface area (Å²) >= 11 is 0. The maximum absolute atomic E-state index is 11.7. The quantitative estimate of drug-likeness (QED) is 0.366. The molecule has 1 fully saturated rings. The number of allylic oxidation sites excluding steroid dienone is 1. The maximum atomic E-state index is 11.7. The second-order valence-corrected chi connectivity index (χ2v) is 9.63. The van der Waals surface area contributed by atoms with E-state index in [0.717, 1.165) is 16.5 Å². The highest BCUT2D eigenvalue weighted by atomic mass is 32.2. The zero-order valence-electron chi connectivity index (χ0n) is 17.0. The Morgan fingerprint density at radius 3 is 2.68 bits per heavy atom. The van der Waals surface area contributed by atoms with Crippen molar-refractivity contribution in [2.45, 2.75) is 6.92 Å². The summed E-state index contributed by atoms with van der Waals surface area (Å²) in [7, 11) is -2.99. The molecule has 2 N–H and O–H groups in total. The Labute approximate surface area is 179 Å². The van der Waals surface area contributed by atoms with Gasteiger partial charge in [0.15, 0.2) is 21.4 Å². The third-order valence-electron chi connectivity index (χ3n) is 4.96. The van der Waals surface area contributed by atoms with E-state index in [0.29, 0.717) is 24.5 Å². The first-order chi connectivity index (χ1) is 14.8. The Balaban J connectivity index is 1.75. The van der Waals surface area contributed by atoms with E-state index < -0.39 is 9.84 Å². The Morgan fingerprint density at radius 1 is 1.19 bits per heavy atom. The molecule has 2 aromatic heterocycles. The number of aliphatic imine (C=N–C) groups is 1. The third kappa shape index (κ3) is 4.64. The molecule has 0 spiro atoms. The lowest BCUT2D eigenvalue weighted by atomic mass is 10.1. The van der Waals surface area contributed by atoms with Crippen LogP contribution in [0, 0.1) is 0 Å². The second kappa shape index (κ2) is 8.31. The van der Waals surface area contributed by atoms with E-state index in [1.807, 2.05) is 35.2 Å². The summed E-state index contributed by atoms with van der Waals surface area (Å²) in [5.74, 6) is 0.539. The summed E-state index contributed by atoms with van der Waals surface area (Å²) < 4.78 is 24.7. The van der Waals surface area contributed by atoms with Crippen LogP contribution >= 0.6 is 0 Å². The molecule has 0 saturated carbocycles. The number of benzene rings is 1. The predicted octanol–water partition coefficient (Wildman–Crippen LogP) is 1.83. The van der Waals surface area contributed by atoms with Gasteiger partial charge < -0.3 is 10.6 Å². The van der Waals surface area contributed by atoms with E-state index in [2.05, 4.69) is 15.1 Å². The van der Waals surface area contributed by atoms with Crippen LogP contribution < -0.4 is 5.73 Å². The fourth-order valence-electron chi connectivity index (χ4n) is 3.32. The van der Waals surface area contributed by atoms with Crippen LogP contribution in [-0.2, 0) is 14.6 Å². The number of fused-ring (bicyclic) bond motifs is 1. The largest absolute Gasteiger partial charge is 0.383 e. The van der Waals surface area contributed by atoms with Crippen molar-refractivity contribution in [1.82, 2.24) is 19.7 Å². The molecule has 10 heteroatoms. The van der Waals surface area contributed by atoms with Gasteiger partial charge in [-0.25, -0.2) is 13.4 Å². The van der Waals surface area contributed by atoms with E-state index in [1.54, 1.807) is 18.7 Å². The number of pyridine rings is 1. The molecule has 0 bridgehead atoms. The van der Waals surface area contributed by atoms with E-state index >= 15 is 0 Å². The SMILES string of the molecule is CC(=O)/C=C(\N)n1ncc(-c2cnc3ccccc3c2)c1/N=C/N1CCS(=O)(=O)CC1. The smallest absolute Gasteiger partial charge is 0.166 e. The van der Waals surface area contributed by atoms with Crippen LogP contribution in [0.3, 0.4) is 0 Å². The Bertz CT molecular complexity index is 1300. The van der Waals surface area contributed by atoms with Crippen molar-refractivity contribution >= 4 is 44.5 Å². The summed E-state index contributed by atoms with van der Waals surface area (Å²) in [6.45, 7) is 2.14. The molecular weight excluding hydrogens is 416 g/mol. The van der Waals surface area contributed by atoms with E-state index in [4.69, 9.17) is 5.73 Å². The maximum Gasteiger partial charge on any atom is 0.166 e. The van der Waals surface area contributed by atoms with Crippen LogP contribution in [0.2, 0.25) is 0 Å². The molecule has 1 aliphatic heterocycles. The molecule has 1 saturated heterocycles. The molecule has 1 aromatic carbocycles. The highest BCUT2D eigenvalue weighted by molar-refractivity contribution is 7.91. The van der Waals surface area contributed by atoms with Crippen molar-refractivity contribution in [2.24, 2.45) is 10.7 Å². The number of hydrogen-bond acceptors (Lipinski definition) is 7. The minimum atomic E-state index is -2.99. The van der Waals surface area contributed by atoms with Gasteiger partial charge >= 0.3 is 0 Å². The number of aromatic nitrogens is 3. The topological polar surface area (TPSA) is 124 Å². The van der Waals surface area contributed by atoms with Gasteiger partial charge in [-0.3, -0.25) is 9.78 Å². The van der Waals surface area contributed by atoms with Gasteiger partial charge in [0.05, 0.1) is 29.6 Å². The number of sulfone groups is 1. The Kier molecular flexibility index (Phi) is 5.55. The average molecular weight is 439 g/mol. The molecule has 0 amide bonds. The van der Waals surface area contributed by atoms with Gasteiger partial charge in [0.1, 0.15) is 5.82 Å².